The first-order valence-electron chi connectivity index (χ1n) is 5.66. The highest BCUT2D eigenvalue weighted by Gasteiger charge is 2.06. The van der Waals surface area contributed by atoms with E-state index in [1.54, 1.807) is 0 Å². The number of alkyl halides is 1. The lowest BCUT2D eigenvalue weighted by Crippen LogP contribution is -2.07. The highest BCUT2D eigenvalue weighted by molar-refractivity contribution is 9.10. The standard InChI is InChI=1S/C13H16BrClO2/c1-2-17-13(16)9-10-5-6-11(4-3-7-15)12(14)8-10/h5-6,8H,2-4,7,9H2,1H3. The van der Waals surface area contributed by atoms with Crippen molar-refractivity contribution in [2.45, 2.75) is 26.2 Å². The van der Waals surface area contributed by atoms with Crippen LogP contribution in [0.2, 0.25) is 0 Å². The summed E-state index contributed by atoms with van der Waals surface area (Å²) in [5.74, 6) is 0.477. The van der Waals surface area contributed by atoms with Crippen LogP contribution < -0.4 is 0 Å². The molecule has 1 aromatic rings. The summed E-state index contributed by atoms with van der Waals surface area (Å²) in [6, 6.07) is 5.97. The van der Waals surface area contributed by atoms with Crippen molar-refractivity contribution in [2.75, 3.05) is 12.5 Å². The average Bonchev–Trinajstić information content (AvgIpc) is 2.28. The molecule has 0 saturated heterocycles. The summed E-state index contributed by atoms with van der Waals surface area (Å²) in [6.07, 6.45) is 2.23. The number of hydrogen-bond acceptors (Lipinski definition) is 2. The maximum Gasteiger partial charge on any atom is 0.310 e. The van der Waals surface area contributed by atoms with Crippen LogP contribution in [0.3, 0.4) is 0 Å². The summed E-state index contributed by atoms with van der Waals surface area (Å²) < 4.78 is 5.94. The van der Waals surface area contributed by atoms with Crippen molar-refractivity contribution in [1.82, 2.24) is 0 Å². The first-order valence-corrected chi connectivity index (χ1v) is 6.99. The third-order valence-electron chi connectivity index (χ3n) is 2.35. The fourth-order valence-electron chi connectivity index (χ4n) is 1.54. The zero-order valence-electron chi connectivity index (χ0n) is 9.84. The van der Waals surface area contributed by atoms with E-state index in [2.05, 4.69) is 15.9 Å². The molecule has 0 bridgehead atoms. The number of aryl methyl sites for hydroxylation is 1. The Morgan fingerprint density at radius 2 is 2.24 bits per heavy atom. The zero-order chi connectivity index (χ0) is 12.7. The van der Waals surface area contributed by atoms with Crippen LogP contribution in [0.25, 0.3) is 0 Å². The summed E-state index contributed by atoms with van der Waals surface area (Å²) in [6.45, 7) is 2.23. The van der Waals surface area contributed by atoms with Crippen molar-refractivity contribution >= 4 is 33.5 Å². The summed E-state index contributed by atoms with van der Waals surface area (Å²) >= 11 is 9.17. The number of ether oxygens (including phenoxy) is 1. The molecule has 4 heteroatoms. The van der Waals surface area contributed by atoms with Crippen LogP contribution in [0.4, 0.5) is 0 Å². The topological polar surface area (TPSA) is 26.3 Å². The molecule has 2 nitrogen and oxygen atoms in total. The van der Waals surface area contributed by atoms with Gasteiger partial charge in [0.05, 0.1) is 13.0 Å². The van der Waals surface area contributed by atoms with Gasteiger partial charge in [-0.2, -0.15) is 0 Å². The molecule has 0 spiro atoms. The van der Waals surface area contributed by atoms with Gasteiger partial charge in [-0.1, -0.05) is 28.1 Å². The summed E-state index contributed by atoms with van der Waals surface area (Å²) in [5.41, 5.74) is 2.18. The van der Waals surface area contributed by atoms with Crippen LogP contribution in [0.5, 0.6) is 0 Å². The van der Waals surface area contributed by atoms with Crippen molar-refractivity contribution in [3.05, 3.63) is 33.8 Å². The number of hydrogen-bond donors (Lipinski definition) is 0. The minimum Gasteiger partial charge on any atom is -0.466 e. The smallest absolute Gasteiger partial charge is 0.310 e. The largest absolute Gasteiger partial charge is 0.466 e. The Balaban J connectivity index is 2.64. The van der Waals surface area contributed by atoms with Gasteiger partial charge in [0.2, 0.25) is 0 Å². The van der Waals surface area contributed by atoms with Gasteiger partial charge in [-0.15, -0.1) is 11.6 Å². The van der Waals surface area contributed by atoms with Gasteiger partial charge in [0.25, 0.3) is 0 Å². The SMILES string of the molecule is CCOC(=O)Cc1ccc(CCCCl)c(Br)c1. The van der Waals surface area contributed by atoms with E-state index in [0.29, 0.717) is 18.9 Å². The molecule has 0 unspecified atom stereocenters. The lowest BCUT2D eigenvalue weighted by atomic mass is 10.1. The molecule has 0 heterocycles. The van der Waals surface area contributed by atoms with Crippen molar-refractivity contribution in [1.29, 1.82) is 0 Å². The van der Waals surface area contributed by atoms with E-state index in [1.807, 2.05) is 25.1 Å². The van der Waals surface area contributed by atoms with Gasteiger partial charge in [-0.05, 0) is 37.0 Å². The van der Waals surface area contributed by atoms with Crippen molar-refractivity contribution in [3.63, 3.8) is 0 Å². The highest BCUT2D eigenvalue weighted by Crippen LogP contribution is 2.20. The summed E-state index contributed by atoms with van der Waals surface area (Å²) in [5, 5.41) is 0. The van der Waals surface area contributed by atoms with Crippen LogP contribution in [0.15, 0.2) is 22.7 Å². The van der Waals surface area contributed by atoms with Crippen molar-refractivity contribution < 1.29 is 9.53 Å². The molecule has 0 N–H and O–H groups in total. The first kappa shape index (κ1) is 14.5. The molecule has 0 saturated carbocycles. The maximum absolute atomic E-state index is 11.3. The molecular weight excluding hydrogens is 303 g/mol. The van der Waals surface area contributed by atoms with Crippen molar-refractivity contribution in [3.8, 4) is 0 Å². The Labute approximate surface area is 115 Å². The second-order valence-electron chi connectivity index (χ2n) is 3.70. The van der Waals surface area contributed by atoms with E-state index in [9.17, 15) is 4.79 Å². The van der Waals surface area contributed by atoms with Gasteiger partial charge in [0.15, 0.2) is 0 Å². The second kappa shape index (κ2) is 7.72. The molecule has 17 heavy (non-hydrogen) atoms. The lowest BCUT2D eigenvalue weighted by Gasteiger charge is -2.06. The molecule has 94 valence electrons. The summed E-state index contributed by atoms with van der Waals surface area (Å²) in [4.78, 5) is 11.3. The second-order valence-corrected chi connectivity index (χ2v) is 4.93. The Morgan fingerprint density at radius 3 is 2.82 bits per heavy atom. The number of rotatable bonds is 6. The Morgan fingerprint density at radius 1 is 1.47 bits per heavy atom. The van der Waals surface area contributed by atoms with Gasteiger partial charge in [0.1, 0.15) is 0 Å². The number of carbonyl (C=O) groups is 1. The van der Waals surface area contributed by atoms with Crippen LogP contribution in [0, 0.1) is 0 Å². The molecule has 0 atom stereocenters. The van der Waals surface area contributed by atoms with Gasteiger partial charge >= 0.3 is 5.97 Å². The van der Waals surface area contributed by atoms with Crippen LogP contribution in [0.1, 0.15) is 24.5 Å². The minimum atomic E-state index is -0.187. The van der Waals surface area contributed by atoms with Crippen LogP contribution >= 0.6 is 27.5 Å². The molecular formula is C13H16BrClO2. The normalized spacial score (nSPS) is 10.3. The molecule has 0 fully saturated rings. The van der Waals surface area contributed by atoms with Crippen molar-refractivity contribution in [2.24, 2.45) is 0 Å². The fraction of sp³-hybridized carbons (Fsp3) is 0.462. The molecule has 0 aliphatic heterocycles. The monoisotopic (exact) mass is 318 g/mol. The Kier molecular flexibility index (Phi) is 6.60. The first-order chi connectivity index (χ1) is 8.17. The van der Waals surface area contributed by atoms with Gasteiger partial charge < -0.3 is 4.74 Å². The lowest BCUT2D eigenvalue weighted by molar-refractivity contribution is -0.142. The van der Waals surface area contributed by atoms with E-state index in [-0.39, 0.29) is 5.97 Å². The quantitative estimate of drug-likeness (QED) is 0.590. The summed E-state index contributed by atoms with van der Waals surface area (Å²) in [7, 11) is 0. The number of carbonyl (C=O) groups excluding carboxylic acids is 1. The van der Waals surface area contributed by atoms with E-state index in [4.69, 9.17) is 16.3 Å². The predicted molar refractivity (Wildman–Crippen MR) is 73.5 cm³/mol. The molecule has 0 radical (unpaired) electrons. The molecule has 1 rings (SSSR count). The Hall–Kier alpha value is -0.540. The van der Waals surface area contributed by atoms with Gasteiger partial charge in [-0.25, -0.2) is 0 Å². The third kappa shape index (κ3) is 5.09. The van der Waals surface area contributed by atoms with Gasteiger partial charge in [0, 0.05) is 10.4 Å². The average molecular weight is 320 g/mol. The molecule has 0 aliphatic carbocycles. The number of benzene rings is 1. The zero-order valence-corrected chi connectivity index (χ0v) is 12.2. The Bertz CT molecular complexity index is 380. The molecule has 1 aromatic carbocycles. The maximum atomic E-state index is 11.3. The fourth-order valence-corrected chi connectivity index (χ4v) is 2.30. The molecule has 0 aromatic heterocycles. The molecule has 0 amide bonds. The minimum absolute atomic E-state index is 0.187. The number of esters is 1. The highest BCUT2D eigenvalue weighted by atomic mass is 79.9. The van der Waals surface area contributed by atoms with Gasteiger partial charge in [-0.3, -0.25) is 4.79 Å². The van der Waals surface area contributed by atoms with Crippen LogP contribution in [-0.4, -0.2) is 18.5 Å². The van der Waals surface area contributed by atoms with Crippen LogP contribution in [-0.2, 0) is 22.4 Å². The van der Waals surface area contributed by atoms with E-state index >= 15 is 0 Å². The molecule has 0 aliphatic rings. The number of halogens is 2. The van der Waals surface area contributed by atoms with E-state index in [1.165, 1.54) is 5.56 Å². The predicted octanol–water partition coefficient (Wildman–Crippen LogP) is 3.73. The third-order valence-corrected chi connectivity index (χ3v) is 3.36. The van der Waals surface area contributed by atoms with E-state index < -0.39 is 0 Å². The van der Waals surface area contributed by atoms with E-state index in [0.717, 1.165) is 22.9 Å².